The Bertz CT molecular complexity index is 593. The fraction of sp³-hybridized carbons (Fsp3) is 0.526. The van der Waals surface area contributed by atoms with Crippen LogP contribution in [0.15, 0.2) is 30.0 Å². The number of nitrogens with zero attached hydrogens (tertiary/aromatic N) is 1. The molecule has 0 saturated carbocycles. The number of hydrogen-bond donors (Lipinski definition) is 0. The van der Waals surface area contributed by atoms with E-state index in [0.717, 1.165) is 50.1 Å². The van der Waals surface area contributed by atoms with Crippen molar-refractivity contribution in [3.05, 3.63) is 35.5 Å². The van der Waals surface area contributed by atoms with E-state index < -0.39 is 0 Å². The molecule has 0 aromatic heterocycles. The van der Waals surface area contributed by atoms with Crippen LogP contribution in [0.3, 0.4) is 0 Å². The van der Waals surface area contributed by atoms with Crippen molar-refractivity contribution in [3.63, 3.8) is 0 Å². The van der Waals surface area contributed by atoms with E-state index >= 15 is 0 Å². The van der Waals surface area contributed by atoms with Crippen LogP contribution in [0.4, 0.5) is 0 Å². The smallest absolute Gasteiger partial charge is 0.306 e. The maximum absolute atomic E-state index is 12.0. The van der Waals surface area contributed by atoms with Gasteiger partial charge in [0.1, 0.15) is 11.4 Å². The predicted molar refractivity (Wildman–Crippen MR) is 90.1 cm³/mol. The molecule has 4 heteroatoms. The summed E-state index contributed by atoms with van der Waals surface area (Å²) in [6, 6.07) is 8.07. The molecular weight excluding hydrogens is 290 g/mol. The number of methoxy groups -OCH3 is 1. The largest absolute Gasteiger partial charge is 0.497 e. The third-order valence-corrected chi connectivity index (χ3v) is 4.68. The monoisotopic (exact) mass is 315 g/mol. The minimum atomic E-state index is -0.303. The van der Waals surface area contributed by atoms with E-state index in [0.29, 0.717) is 6.42 Å². The van der Waals surface area contributed by atoms with E-state index in [2.05, 4.69) is 23.1 Å². The minimum Gasteiger partial charge on any atom is -0.497 e. The van der Waals surface area contributed by atoms with Crippen LogP contribution in [0.25, 0.3) is 6.08 Å². The Morgan fingerprint density at radius 3 is 2.83 bits per heavy atom. The Morgan fingerprint density at radius 2 is 2.13 bits per heavy atom. The van der Waals surface area contributed by atoms with Crippen molar-refractivity contribution in [2.45, 2.75) is 44.6 Å². The highest BCUT2D eigenvalue weighted by Crippen LogP contribution is 2.41. The molecule has 0 radical (unpaired) electrons. The van der Waals surface area contributed by atoms with Crippen molar-refractivity contribution in [2.24, 2.45) is 0 Å². The number of carbonyl (C=O) groups is 1. The van der Waals surface area contributed by atoms with E-state index in [1.165, 1.54) is 5.70 Å². The lowest BCUT2D eigenvalue weighted by atomic mass is 9.94. The van der Waals surface area contributed by atoms with Crippen molar-refractivity contribution in [3.8, 4) is 5.75 Å². The van der Waals surface area contributed by atoms with Crippen LogP contribution >= 0.6 is 0 Å². The highest BCUT2D eigenvalue weighted by atomic mass is 16.6. The summed E-state index contributed by atoms with van der Waals surface area (Å²) in [5, 5.41) is 0. The summed E-state index contributed by atoms with van der Waals surface area (Å²) < 4.78 is 11.1. The van der Waals surface area contributed by atoms with Gasteiger partial charge in [-0.05, 0) is 43.0 Å². The SMILES string of the molecule is CCCC(=O)OC12CCCN(C1)/C(=C/c1ccc(OC)cc1)C2. The van der Waals surface area contributed by atoms with Crippen LogP contribution in [0, 0.1) is 0 Å². The fourth-order valence-corrected chi connectivity index (χ4v) is 3.58. The molecule has 124 valence electrons. The van der Waals surface area contributed by atoms with Gasteiger partial charge in [0.2, 0.25) is 0 Å². The zero-order valence-corrected chi connectivity index (χ0v) is 14.0. The number of benzene rings is 1. The molecule has 1 aromatic rings. The Labute approximate surface area is 138 Å². The van der Waals surface area contributed by atoms with Crippen LogP contribution in [0.1, 0.15) is 44.6 Å². The lowest BCUT2D eigenvalue weighted by molar-refractivity contribution is -0.160. The van der Waals surface area contributed by atoms with Gasteiger partial charge >= 0.3 is 5.97 Å². The first-order chi connectivity index (χ1) is 11.1. The second kappa shape index (κ2) is 6.65. The van der Waals surface area contributed by atoms with Crippen molar-refractivity contribution >= 4 is 12.0 Å². The van der Waals surface area contributed by atoms with Crippen LogP contribution in [0.5, 0.6) is 5.75 Å². The maximum atomic E-state index is 12.0. The summed E-state index contributed by atoms with van der Waals surface area (Å²) in [5.74, 6) is 0.808. The topological polar surface area (TPSA) is 38.8 Å². The van der Waals surface area contributed by atoms with Gasteiger partial charge in [-0.15, -0.1) is 0 Å². The van der Waals surface area contributed by atoms with Crippen LogP contribution in [-0.4, -0.2) is 36.7 Å². The van der Waals surface area contributed by atoms with Gasteiger partial charge in [-0.25, -0.2) is 0 Å². The molecule has 1 aromatic carbocycles. The van der Waals surface area contributed by atoms with Gasteiger partial charge in [-0.3, -0.25) is 4.79 Å². The molecule has 2 aliphatic heterocycles. The number of fused-ring (bicyclic) bond motifs is 2. The highest BCUT2D eigenvalue weighted by Gasteiger charge is 2.46. The minimum absolute atomic E-state index is 0.0555. The van der Waals surface area contributed by atoms with Crippen LogP contribution in [0.2, 0.25) is 0 Å². The number of esters is 1. The van der Waals surface area contributed by atoms with Gasteiger partial charge in [0.15, 0.2) is 0 Å². The summed E-state index contributed by atoms with van der Waals surface area (Å²) in [6.45, 7) is 3.90. The lowest BCUT2D eigenvalue weighted by Gasteiger charge is -2.33. The van der Waals surface area contributed by atoms with Crippen molar-refractivity contribution in [2.75, 3.05) is 20.2 Å². The highest BCUT2D eigenvalue weighted by molar-refractivity contribution is 5.70. The second-order valence-electron chi connectivity index (χ2n) is 6.52. The molecule has 2 bridgehead atoms. The molecule has 0 amide bonds. The van der Waals surface area contributed by atoms with Gasteiger partial charge < -0.3 is 14.4 Å². The van der Waals surface area contributed by atoms with Crippen LogP contribution in [-0.2, 0) is 9.53 Å². The molecule has 2 saturated heterocycles. The molecule has 4 nitrogen and oxygen atoms in total. The fourth-order valence-electron chi connectivity index (χ4n) is 3.58. The molecule has 3 rings (SSSR count). The van der Waals surface area contributed by atoms with Crippen molar-refractivity contribution in [1.82, 2.24) is 4.90 Å². The van der Waals surface area contributed by atoms with E-state index in [4.69, 9.17) is 9.47 Å². The maximum Gasteiger partial charge on any atom is 0.306 e. The summed E-state index contributed by atoms with van der Waals surface area (Å²) in [6.07, 6.45) is 6.44. The molecule has 2 aliphatic rings. The van der Waals surface area contributed by atoms with Gasteiger partial charge in [-0.1, -0.05) is 19.1 Å². The molecule has 2 fully saturated rings. The average Bonchev–Trinajstić information content (AvgIpc) is 2.78. The van der Waals surface area contributed by atoms with Crippen molar-refractivity contribution < 1.29 is 14.3 Å². The Hall–Kier alpha value is -1.97. The standard InChI is InChI=1S/C19H25NO3/c1-3-5-18(21)23-19-10-4-11-20(14-19)16(13-19)12-15-6-8-17(22-2)9-7-15/h6-9,12H,3-5,10-11,13-14H2,1-2H3/b16-12+. The molecule has 0 spiro atoms. The molecule has 0 N–H and O–H groups in total. The molecule has 2 heterocycles. The Morgan fingerprint density at radius 1 is 1.35 bits per heavy atom. The molecular formula is C19H25NO3. The van der Waals surface area contributed by atoms with E-state index in [1.807, 2.05) is 19.1 Å². The summed E-state index contributed by atoms with van der Waals surface area (Å²) in [7, 11) is 1.67. The summed E-state index contributed by atoms with van der Waals surface area (Å²) >= 11 is 0. The van der Waals surface area contributed by atoms with Crippen molar-refractivity contribution in [1.29, 1.82) is 0 Å². The van der Waals surface area contributed by atoms with Gasteiger partial charge in [-0.2, -0.15) is 0 Å². The average molecular weight is 315 g/mol. The molecule has 0 aliphatic carbocycles. The molecule has 1 atom stereocenters. The van der Waals surface area contributed by atoms with E-state index in [-0.39, 0.29) is 11.6 Å². The lowest BCUT2D eigenvalue weighted by Crippen LogP contribution is -2.42. The normalized spacial score (nSPS) is 24.8. The third-order valence-electron chi connectivity index (χ3n) is 4.68. The first-order valence-corrected chi connectivity index (χ1v) is 8.45. The van der Waals surface area contributed by atoms with E-state index in [1.54, 1.807) is 7.11 Å². The first-order valence-electron chi connectivity index (χ1n) is 8.45. The molecule has 1 unspecified atom stereocenters. The second-order valence-corrected chi connectivity index (χ2v) is 6.52. The zero-order valence-electron chi connectivity index (χ0n) is 14.0. The number of hydrogen-bond acceptors (Lipinski definition) is 4. The van der Waals surface area contributed by atoms with E-state index in [9.17, 15) is 4.79 Å². The van der Waals surface area contributed by atoms with Gasteiger partial charge in [0.05, 0.1) is 13.7 Å². The number of rotatable bonds is 5. The number of ether oxygens (including phenoxy) is 2. The Kier molecular flexibility index (Phi) is 4.60. The Balaban J connectivity index is 1.76. The van der Waals surface area contributed by atoms with Crippen LogP contribution < -0.4 is 4.74 Å². The van der Waals surface area contributed by atoms with Gasteiger partial charge in [0, 0.05) is 25.1 Å². The zero-order chi connectivity index (χ0) is 16.3. The number of carbonyl (C=O) groups excluding carboxylic acids is 1. The quantitative estimate of drug-likeness (QED) is 0.778. The summed E-state index contributed by atoms with van der Waals surface area (Å²) in [5.41, 5.74) is 2.13. The number of piperidine rings is 1. The summed E-state index contributed by atoms with van der Waals surface area (Å²) in [4.78, 5) is 14.3. The van der Waals surface area contributed by atoms with Gasteiger partial charge in [0.25, 0.3) is 0 Å². The third kappa shape index (κ3) is 3.52. The molecule has 23 heavy (non-hydrogen) atoms. The first kappa shape index (κ1) is 15.9. The predicted octanol–water partition coefficient (Wildman–Crippen LogP) is 3.62.